The second-order valence-electron chi connectivity index (χ2n) is 14.5. The topological polar surface area (TPSA) is 25.8 Å². The molecule has 2 nitrogen and oxygen atoms in total. The molecule has 0 atom stereocenters. The number of benzene rings is 8. The summed E-state index contributed by atoms with van der Waals surface area (Å²) in [6.07, 6.45) is 0. The van der Waals surface area contributed by atoms with Gasteiger partial charge in [0, 0.05) is 16.7 Å². The summed E-state index contributed by atoms with van der Waals surface area (Å²) in [6, 6.07) is 74.2. The van der Waals surface area contributed by atoms with Crippen LogP contribution in [-0.2, 0) is 5.41 Å². The Bertz CT molecular complexity index is 2740. The Morgan fingerprint density at radius 1 is 0.273 bits per heavy atom. The highest BCUT2D eigenvalue weighted by molar-refractivity contribution is 5.99. The minimum Gasteiger partial charge on any atom is -0.228 e. The minimum absolute atomic E-state index is 0.434. The van der Waals surface area contributed by atoms with Crippen LogP contribution in [0.4, 0.5) is 0 Å². The van der Waals surface area contributed by atoms with Gasteiger partial charge in [-0.3, -0.25) is 0 Å². The lowest BCUT2D eigenvalue weighted by Gasteiger charge is -2.30. The third kappa shape index (κ3) is 4.82. The Hall–Kier alpha value is -7.16. The van der Waals surface area contributed by atoms with Crippen LogP contribution in [0.15, 0.2) is 206 Å². The molecular formula is C53H34N2. The van der Waals surface area contributed by atoms with Crippen molar-refractivity contribution in [1.82, 2.24) is 9.97 Å². The van der Waals surface area contributed by atoms with Gasteiger partial charge in [-0.05, 0) is 72.8 Å². The lowest BCUT2D eigenvalue weighted by atomic mass is 9.70. The van der Waals surface area contributed by atoms with Crippen LogP contribution in [-0.4, -0.2) is 9.97 Å². The zero-order valence-electron chi connectivity index (χ0n) is 30.0. The molecule has 9 aromatic rings. The van der Waals surface area contributed by atoms with Crippen molar-refractivity contribution in [1.29, 1.82) is 0 Å². The molecular weight excluding hydrogens is 665 g/mol. The summed E-state index contributed by atoms with van der Waals surface area (Å²) < 4.78 is 0. The molecule has 2 heteroatoms. The van der Waals surface area contributed by atoms with Crippen molar-refractivity contribution in [2.75, 3.05) is 0 Å². The number of fused-ring (bicyclic) bond motifs is 10. The average molecular weight is 699 g/mol. The highest BCUT2D eigenvalue weighted by atomic mass is 14.9. The molecule has 11 rings (SSSR count). The highest BCUT2D eigenvalue weighted by Gasteiger charge is 2.52. The summed E-state index contributed by atoms with van der Waals surface area (Å²) >= 11 is 0. The van der Waals surface area contributed by atoms with Gasteiger partial charge >= 0.3 is 0 Å². The molecule has 1 spiro atoms. The van der Waals surface area contributed by atoms with Gasteiger partial charge in [0.2, 0.25) is 0 Å². The van der Waals surface area contributed by atoms with Crippen LogP contribution >= 0.6 is 0 Å². The molecule has 0 fully saturated rings. The van der Waals surface area contributed by atoms with E-state index >= 15 is 0 Å². The molecule has 0 unspecified atom stereocenters. The first-order valence-corrected chi connectivity index (χ1v) is 18.9. The van der Waals surface area contributed by atoms with Gasteiger partial charge in [0.05, 0.1) is 16.8 Å². The van der Waals surface area contributed by atoms with Crippen molar-refractivity contribution in [2.24, 2.45) is 0 Å². The Balaban J connectivity index is 1.13. The van der Waals surface area contributed by atoms with E-state index in [1.807, 2.05) is 0 Å². The van der Waals surface area contributed by atoms with E-state index in [0.29, 0.717) is 0 Å². The molecule has 55 heavy (non-hydrogen) atoms. The monoisotopic (exact) mass is 698 g/mol. The van der Waals surface area contributed by atoms with Gasteiger partial charge in [0.25, 0.3) is 0 Å². The number of rotatable bonds is 5. The zero-order chi connectivity index (χ0) is 36.3. The van der Waals surface area contributed by atoms with Crippen molar-refractivity contribution >= 4 is 0 Å². The van der Waals surface area contributed by atoms with Crippen molar-refractivity contribution in [3.63, 3.8) is 0 Å². The van der Waals surface area contributed by atoms with Crippen LogP contribution in [0.1, 0.15) is 22.3 Å². The SMILES string of the molecule is c1ccc(-c2ccc(-c3cc(-c4ccc(-c5ccccc5)cc4)nc(-c4cccc5c4-c4ccccc4C54c5ccccc5-c5ccccc54)n3)cc2)cc1. The lowest BCUT2D eigenvalue weighted by Crippen LogP contribution is -2.25. The maximum Gasteiger partial charge on any atom is 0.161 e. The molecule has 2 aliphatic carbocycles. The fourth-order valence-corrected chi connectivity index (χ4v) is 9.12. The number of nitrogens with zero attached hydrogens (tertiary/aromatic N) is 2. The molecule has 0 aliphatic heterocycles. The average Bonchev–Trinajstić information content (AvgIpc) is 3.75. The zero-order valence-corrected chi connectivity index (χ0v) is 30.0. The van der Waals surface area contributed by atoms with Crippen LogP contribution in [0, 0.1) is 0 Å². The first kappa shape index (κ1) is 31.4. The van der Waals surface area contributed by atoms with E-state index in [0.717, 1.165) is 33.9 Å². The minimum atomic E-state index is -0.434. The van der Waals surface area contributed by atoms with Gasteiger partial charge in [-0.1, -0.05) is 200 Å². The van der Waals surface area contributed by atoms with Crippen molar-refractivity contribution in [3.8, 4) is 78.4 Å². The number of hydrogen-bond acceptors (Lipinski definition) is 2. The van der Waals surface area contributed by atoms with E-state index in [2.05, 4.69) is 206 Å². The second-order valence-corrected chi connectivity index (χ2v) is 14.5. The maximum absolute atomic E-state index is 5.41. The Labute approximate surface area is 321 Å². The standard InChI is InChI=1S/C53H34N2/c1-3-14-35(15-4-1)37-26-30-39(31-27-37)49-34-50(40-32-28-38(29-33-40)36-16-5-2-6-17-36)55-52(54-49)44-21-13-25-48-51(44)43-20-9-12-24-47(43)53(48)45-22-10-7-18-41(45)42-19-8-11-23-46(42)53/h1-34H. The predicted molar refractivity (Wildman–Crippen MR) is 226 cm³/mol. The maximum atomic E-state index is 5.41. The smallest absolute Gasteiger partial charge is 0.161 e. The third-order valence-corrected chi connectivity index (χ3v) is 11.6. The quantitative estimate of drug-likeness (QED) is 0.179. The van der Waals surface area contributed by atoms with E-state index in [1.165, 1.54) is 66.8 Å². The van der Waals surface area contributed by atoms with E-state index in [9.17, 15) is 0 Å². The molecule has 0 radical (unpaired) electrons. The Kier molecular flexibility index (Phi) is 7.11. The van der Waals surface area contributed by atoms with Crippen LogP contribution in [0.5, 0.6) is 0 Å². The largest absolute Gasteiger partial charge is 0.228 e. The summed E-state index contributed by atoms with van der Waals surface area (Å²) in [5.74, 6) is 0.718. The predicted octanol–water partition coefficient (Wildman–Crippen LogP) is 13.2. The first-order chi connectivity index (χ1) is 27.3. The number of aromatic nitrogens is 2. The fraction of sp³-hybridized carbons (Fsp3) is 0.0189. The fourth-order valence-electron chi connectivity index (χ4n) is 9.12. The van der Waals surface area contributed by atoms with Gasteiger partial charge < -0.3 is 0 Å². The van der Waals surface area contributed by atoms with Gasteiger partial charge in [0.1, 0.15) is 0 Å². The molecule has 256 valence electrons. The summed E-state index contributed by atoms with van der Waals surface area (Å²) in [7, 11) is 0. The van der Waals surface area contributed by atoms with Gasteiger partial charge in [0.15, 0.2) is 5.82 Å². The van der Waals surface area contributed by atoms with Crippen LogP contribution < -0.4 is 0 Å². The lowest BCUT2D eigenvalue weighted by molar-refractivity contribution is 0.794. The Morgan fingerprint density at radius 2 is 0.636 bits per heavy atom. The summed E-state index contributed by atoms with van der Waals surface area (Å²) in [6.45, 7) is 0. The van der Waals surface area contributed by atoms with Crippen LogP contribution in [0.25, 0.3) is 78.4 Å². The summed E-state index contributed by atoms with van der Waals surface area (Å²) in [5.41, 5.74) is 19.5. The van der Waals surface area contributed by atoms with Crippen LogP contribution in [0.2, 0.25) is 0 Å². The van der Waals surface area contributed by atoms with Crippen LogP contribution in [0.3, 0.4) is 0 Å². The van der Waals surface area contributed by atoms with Crippen molar-refractivity contribution in [2.45, 2.75) is 5.41 Å². The first-order valence-electron chi connectivity index (χ1n) is 18.9. The molecule has 0 saturated heterocycles. The van der Waals surface area contributed by atoms with E-state index in [1.54, 1.807) is 0 Å². The van der Waals surface area contributed by atoms with E-state index < -0.39 is 5.41 Å². The molecule has 1 aromatic heterocycles. The Morgan fingerprint density at radius 3 is 1.15 bits per heavy atom. The van der Waals surface area contributed by atoms with Crippen molar-refractivity contribution < 1.29 is 0 Å². The molecule has 0 saturated carbocycles. The molecule has 2 aliphatic rings. The molecule has 8 aromatic carbocycles. The van der Waals surface area contributed by atoms with E-state index in [4.69, 9.17) is 9.97 Å². The van der Waals surface area contributed by atoms with Crippen molar-refractivity contribution in [3.05, 3.63) is 229 Å². The number of hydrogen-bond donors (Lipinski definition) is 0. The normalized spacial score (nSPS) is 12.9. The third-order valence-electron chi connectivity index (χ3n) is 11.6. The highest BCUT2D eigenvalue weighted by Crippen LogP contribution is 2.63. The molecule has 0 N–H and O–H groups in total. The molecule has 0 bridgehead atoms. The van der Waals surface area contributed by atoms with E-state index in [-0.39, 0.29) is 0 Å². The van der Waals surface area contributed by atoms with Gasteiger partial charge in [-0.25, -0.2) is 9.97 Å². The van der Waals surface area contributed by atoms with Gasteiger partial charge in [-0.15, -0.1) is 0 Å². The summed E-state index contributed by atoms with van der Waals surface area (Å²) in [4.78, 5) is 10.8. The van der Waals surface area contributed by atoms with Gasteiger partial charge in [-0.2, -0.15) is 0 Å². The second kappa shape index (κ2) is 12.5. The molecule has 1 heterocycles. The molecule has 0 amide bonds. The summed E-state index contributed by atoms with van der Waals surface area (Å²) in [5, 5.41) is 0.